The molecule has 2 N–H and O–H groups in total. The van der Waals surface area contributed by atoms with E-state index in [-0.39, 0.29) is 12.8 Å². The number of alkyl halides is 2. The summed E-state index contributed by atoms with van der Waals surface area (Å²) in [6.45, 7) is 4.31. The van der Waals surface area contributed by atoms with E-state index in [1.54, 1.807) is 0 Å². The normalized spacial score (nSPS) is 21.6. The van der Waals surface area contributed by atoms with Crippen molar-refractivity contribution in [3.05, 3.63) is 34.9 Å². The Balaban J connectivity index is 2.32. The first-order valence-corrected chi connectivity index (χ1v) is 5.54. The van der Waals surface area contributed by atoms with Crippen LogP contribution in [0.25, 0.3) is 0 Å². The second-order valence-corrected chi connectivity index (χ2v) is 4.99. The van der Waals surface area contributed by atoms with Crippen LogP contribution in [0, 0.1) is 13.8 Å². The van der Waals surface area contributed by atoms with Crippen molar-refractivity contribution in [3.8, 4) is 0 Å². The number of nitrogens with two attached hydrogens (primary N) is 1. The number of aryl methyl sites for hydroxylation is 2. The highest BCUT2D eigenvalue weighted by Gasteiger charge is 2.56. The molecule has 0 radical (unpaired) electrons. The number of benzene rings is 1. The van der Waals surface area contributed by atoms with Crippen LogP contribution in [-0.4, -0.2) is 12.5 Å². The zero-order valence-electron chi connectivity index (χ0n) is 9.69. The minimum absolute atomic E-state index is 0.112. The van der Waals surface area contributed by atoms with Crippen LogP contribution in [0.3, 0.4) is 0 Å². The lowest BCUT2D eigenvalue weighted by molar-refractivity contribution is -0.123. The molecule has 1 aliphatic carbocycles. The molecule has 2 rings (SSSR count). The van der Waals surface area contributed by atoms with Crippen molar-refractivity contribution < 1.29 is 8.78 Å². The van der Waals surface area contributed by atoms with Crippen LogP contribution in [0.4, 0.5) is 8.78 Å². The molecule has 0 spiro atoms. The van der Waals surface area contributed by atoms with Crippen molar-refractivity contribution in [3.63, 3.8) is 0 Å². The predicted octanol–water partition coefficient (Wildman–Crippen LogP) is 2.93. The number of hydrogen-bond donors (Lipinski definition) is 1. The van der Waals surface area contributed by atoms with E-state index >= 15 is 0 Å². The van der Waals surface area contributed by atoms with Crippen LogP contribution in [0.5, 0.6) is 0 Å². The Bertz CT molecular complexity index is 404. The van der Waals surface area contributed by atoms with Crippen LogP contribution >= 0.6 is 0 Å². The molecular formula is C13H17F2N. The molecule has 1 fully saturated rings. The van der Waals surface area contributed by atoms with Gasteiger partial charge in [-0.25, -0.2) is 8.78 Å². The van der Waals surface area contributed by atoms with E-state index in [9.17, 15) is 8.78 Å². The van der Waals surface area contributed by atoms with E-state index in [0.717, 1.165) is 11.1 Å². The lowest BCUT2D eigenvalue weighted by Gasteiger charge is -2.47. The van der Waals surface area contributed by atoms with Crippen molar-refractivity contribution in [1.82, 2.24) is 0 Å². The molecule has 0 heterocycles. The molecule has 1 aromatic carbocycles. The van der Waals surface area contributed by atoms with Crippen molar-refractivity contribution in [1.29, 1.82) is 0 Å². The molecule has 0 aromatic heterocycles. The molecule has 3 heteroatoms. The summed E-state index contributed by atoms with van der Waals surface area (Å²) in [4.78, 5) is 0. The van der Waals surface area contributed by atoms with Crippen molar-refractivity contribution in [2.75, 3.05) is 6.54 Å². The molecule has 16 heavy (non-hydrogen) atoms. The molecule has 1 nitrogen and oxygen atoms in total. The minimum atomic E-state index is -2.53. The summed E-state index contributed by atoms with van der Waals surface area (Å²) < 4.78 is 26.1. The molecule has 0 bridgehead atoms. The van der Waals surface area contributed by atoms with E-state index in [4.69, 9.17) is 5.73 Å². The molecule has 0 aliphatic heterocycles. The number of halogens is 2. The number of rotatable bonds is 2. The van der Waals surface area contributed by atoms with Gasteiger partial charge in [-0.1, -0.05) is 18.2 Å². The summed E-state index contributed by atoms with van der Waals surface area (Å²) in [5.74, 6) is -2.53. The zero-order valence-corrected chi connectivity index (χ0v) is 9.69. The van der Waals surface area contributed by atoms with Crippen LogP contribution in [0.15, 0.2) is 18.2 Å². The first-order valence-electron chi connectivity index (χ1n) is 5.54. The highest BCUT2D eigenvalue weighted by Crippen LogP contribution is 2.52. The Kier molecular flexibility index (Phi) is 2.54. The van der Waals surface area contributed by atoms with E-state index in [2.05, 4.69) is 0 Å². The van der Waals surface area contributed by atoms with Crippen LogP contribution in [0.1, 0.15) is 29.5 Å². The first-order chi connectivity index (χ1) is 7.38. The third kappa shape index (κ3) is 1.73. The van der Waals surface area contributed by atoms with Gasteiger partial charge in [0.2, 0.25) is 5.92 Å². The molecular weight excluding hydrogens is 208 g/mol. The van der Waals surface area contributed by atoms with Gasteiger partial charge in [0.05, 0.1) is 0 Å². The van der Waals surface area contributed by atoms with E-state index < -0.39 is 11.3 Å². The Morgan fingerprint density at radius 1 is 1.19 bits per heavy atom. The summed E-state index contributed by atoms with van der Waals surface area (Å²) in [6.07, 6.45) is -0.224. The van der Waals surface area contributed by atoms with E-state index in [0.29, 0.717) is 6.54 Å². The second kappa shape index (κ2) is 3.52. The maximum Gasteiger partial charge on any atom is 0.250 e. The van der Waals surface area contributed by atoms with Gasteiger partial charge in [0.1, 0.15) is 0 Å². The van der Waals surface area contributed by atoms with Crippen molar-refractivity contribution >= 4 is 0 Å². The molecule has 0 atom stereocenters. The van der Waals surface area contributed by atoms with Gasteiger partial charge in [0, 0.05) is 24.8 Å². The monoisotopic (exact) mass is 225 g/mol. The topological polar surface area (TPSA) is 26.0 Å². The average molecular weight is 225 g/mol. The second-order valence-electron chi connectivity index (χ2n) is 4.99. The van der Waals surface area contributed by atoms with Gasteiger partial charge < -0.3 is 5.73 Å². The predicted molar refractivity (Wildman–Crippen MR) is 60.8 cm³/mol. The third-order valence-corrected chi connectivity index (χ3v) is 3.70. The summed E-state index contributed by atoms with van der Waals surface area (Å²) >= 11 is 0. The zero-order chi connectivity index (χ0) is 12.0. The van der Waals surface area contributed by atoms with Crippen LogP contribution < -0.4 is 5.73 Å². The van der Waals surface area contributed by atoms with E-state index in [1.807, 2.05) is 32.0 Å². The fraction of sp³-hybridized carbons (Fsp3) is 0.538. The molecule has 0 unspecified atom stereocenters. The average Bonchev–Trinajstić information content (AvgIpc) is 2.18. The van der Waals surface area contributed by atoms with Gasteiger partial charge in [0.15, 0.2) is 0 Å². The summed E-state index contributed by atoms with van der Waals surface area (Å²) in [5.41, 5.74) is 8.46. The van der Waals surface area contributed by atoms with Gasteiger partial charge in [-0.05, 0) is 30.5 Å². The lowest BCUT2D eigenvalue weighted by atomic mass is 9.62. The molecule has 1 aromatic rings. The maximum absolute atomic E-state index is 13.0. The Morgan fingerprint density at radius 2 is 1.81 bits per heavy atom. The van der Waals surface area contributed by atoms with Gasteiger partial charge in [-0.2, -0.15) is 0 Å². The van der Waals surface area contributed by atoms with Crippen LogP contribution in [0.2, 0.25) is 0 Å². The molecule has 0 amide bonds. The Hall–Kier alpha value is -0.960. The molecule has 1 aliphatic rings. The van der Waals surface area contributed by atoms with Gasteiger partial charge in [0.25, 0.3) is 0 Å². The third-order valence-electron chi connectivity index (χ3n) is 3.70. The largest absolute Gasteiger partial charge is 0.330 e. The maximum atomic E-state index is 13.0. The van der Waals surface area contributed by atoms with Crippen molar-refractivity contribution in [2.45, 2.75) is 38.0 Å². The fourth-order valence-electron chi connectivity index (χ4n) is 2.48. The SMILES string of the molecule is Cc1ccc(C2(CN)CC(F)(F)C2)cc1C. The summed E-state index contributed by atoms with van der Waals surface area (Å²) in [6, 6.07) is 5.92. The smallest absolute Gasteiger partial charge is 0.250 e. The minimum Gasteiger partial charge on any atom is -0.330 e. The summed E-state index contributed by atoms with van der Waals surface area (Å²) in [7, 11) is 0. The molecule has 1 saturated carbocycles. The lowest BCUT2D eigenvalue weighted by Crippen LogP contribution is -2.53. The fourth-order valence-corrected chi connectivity index (χ4v) is 2.48. The quantitative estimate of drug-likeness (QED) is 0.822. The molecule has 88 valence electrons. The Morgan fingerprint density at radius 3 is 2.25 bits per heavy atom. The van der Waals surface area contributed by atoms with Crippen molar-refractivity contribution in [2.24, 2.45) is 5.73 Å². The summed E-state index contributed by atoms with van der Waals surface area (Å²) in [5, 5.41) is 0. The first kappa shape index (κ1) is 11.5. The molecule has 0 saturated heterocycles. The standard InChI is InChI=1S/C13H17F2N/c1-9-3-4-11(5-10(9)2)12(8-16)6-13(14,15)7-12/h3-5H,6-8,16H2,1-2H3. The van der Waals surface area contributed by atoms with Gasteiger partial charge in [-0.15, -0.1) is 0 Å². The van der Waals surface area contributed by atoms with Gasteiger partial charge in [-0.3, -0.25) is 0 Å². The Labute approximate surface area is 94.7 Å². The highest BCUT2D eigenvalue weighted by molar-refractivity contribution is 5.37. The van der Waals surface area contributed by atoms with E-state index in [1.165, 1.54) is 5.56 Å². The highest BCUT2D eigenvalue weighted by atomic mass is 19.3. The van der Waals surface area contributed by atoms with Crippen LogP contribution in [-0.2, 0) is 5.41 Å². The van der Waals surface area contributed by atoms with Gasteiger partial charge >= 0.3 is 0 Å². The number of hydrogen-bond acceptors (Lipinski definition) is 1.